The number of nitrogens with one attached hydrogen (secondary N) is 1. The summed E-state index contributed by atoms with van der Waals surface area (Å²) in [6, 6.07) is 15.9. The standard InChI is InChI=1S/C17H13N3O2/c21-17(20-14-6-4-9-18-12-14)13-5-3-7-15(11-13)22-16-8-1-2-10-19-16/h1-12H,(H,20,21). The number of nitrogens with zero attached hydrogens (tertiary/aromatic N) is 2. The van der Waals surface area contributed by atoms with Crippen molar-refractivity contribution in [2.75, 3.05) is 5.32 Å². The minimum absolute atomic E-state index is 0.223. The zero-order chi connectivity index (χ0) is 15.2. The van der Waals surface area contributed by atoms with Gasteiger partial charge in [-0.15, -0.1) is 0 Å². The van der Waals surface area contributed by atoms with E-state index in [1.54, 1.807) is 61.1 Å². The Hall–Kier alpha value is -3.21. The smallest absolute Gasteiger partial charge is 0.255 e. The van der Waals surface area contributed by atoms with Gasteiger partial charge in [-0.05, 0) is 36.4 Å². The van der Waals surface area contributed by atoms with Gasteiger partial charge in [0.1, 0.15) is 5.75 Å². The Kier molecular flexibility index (Phi) is 4.06. The maximum Gasteiger partial charge on any atom is 0.255 e. The number of aromatic nitrogens is 2. The molecule has 0 unspecified atom stereocenters. The zero-order valence-electron chi connectivity index (χ0n) is 11.6. The van der Waals surface area contributed by atoms with Crippen LogP contribution in [0, 0.1) is 0 Å². The highest BCUT2D eigenvalue weighted by Gasteiger charge is 2.08. The molecule has 0 atom stereocenters. The van der Waals surface area contributed by atoms with Gasteiger partial charge in [-0.1, -0.05) is 12.1 Å². The van der Waals surface area contributed by atoms with E-state index in [0.717, 1.165) is 0 Å². The summed E-state index contributed by atoms with van der Waals surface area (Å²) in [5, 5.41) is 2.78. The van der Waals surface area contributed by atoms with Gasteiger partial charge in [-0.2, -0.15) is 0 Å². The number of anilines is 1. The lowest BCUT2D eigenvalue weighted by molar-refractivity contribution is 0.102. The molecule has 2 aromatic heterocycles. The van der Waals surface area contributed by atoms with E-state index in [1.165, 1.54) is 0 Å². The minimum atomic E-state index is -0.223. The van der Waals surface area contributed by atoms with Crippen molar-refractivity contribution in [2.24, 2.45) is 0 Å². The van der Waals surface area contributed by atoms with Crippen LogP contribution in [0.3, 0.4) is 0 Å². The van der Waals surface area contributed by atoms with E-state index in [2.05, 4.69) is 15.3 Å². The average Bonchev–Trinajstić information content (AvgIpc) is 2.57. The third-order valence-corrected chi connectivity index (χ3v) is 2.88. The molecule has 5 nitrogen and oxygen atoms in total. The first-order chi connectivity index (χ1) is 10.8. The van der Waals surface area contributed by atoms with Crippen LogP contribution in [0.1, 0.15) is 10.4 Å². The molecule has 0 saturated heterocycles. The Morgan fingerprint density at radius 1 is 1.00 bits per heavy atom. The summed E-state index contributed by atoms with van der Waals surface area (Å²) >= 11 is 0. The Balaban J connectivity index is 1.75. The van der Waals surface area contributed by atoms with E-state index in [-0.39, 0.29) is 5.91 Å². The third-order valence-electron chi connectivity index (χ3n) is 2.88. The number of carbonyl (C=O) groups is 1. The molecule has 0 saturated carbocycles. The zero-order valence-corrected chi connectivity index (χ0v) is 11.6. The first kappa shape index (κ1) is 13.8. The van der Waals surface area contributed by atoms with Crippen molar-refractivity contribution < 1.29 is 9.53 Å². The number of amides is 1. The summed E-state index contributed by atoms with van der Waals surface area (Å²) in [5.41, 5.74) is 1.14. The van der Waals surface area contributed by atoms with Crippen LogP contribution < -0.4 is 10.1 Å². The molecule has 0 radical (unpaired) electrons. The van der Waals surface area contributed by atoms with Crippen LogP contribution in [0.5, 0.6) is 11.6 Å². The maximum absolute atomic E-state index is 12.2. The summed E-state index contributed by atoms with van der Waals surface area (Å²) in [6.45, 7) is 0. The Morgan fingerprint density at radius 2 is 1.95 bits per heavy atom. The lowest BCUT2D eigenvalue weighted by atomic mass is 10.2. The SMILES string of the molecule is O=C(Nc1cccnc1)c1cccc(Oc2ccccn2)c1. The largest absolute Gasteiger partial charge is 0.439 e. The van der Waals surface area contributed by atoms with Gasteiger partial charge in [0.2, 0.25) is 5.88 Å². The Morgan fingerprint density at radius 3 is 2.73 bits per heavy atom. The second-order valence-electron chi connectivity index (χ2n) is 4.49. The Bertz CT molecular complexity index is 761. The molecule has 5 heteroatoms. The quantitative estimate of drug-likeness (QED) is 0.798. The summed E-state index contributed by atoms with van der Waals surface area (Å²) in [5.74, 6) is 0.810. The first-order valence-corrected chi connectivity index (χ1v) is 6.71. The van der Waals surface area contributed by atoms with Crippen molar-refractivity contribution in [1.29, 1.82) is 0 Å². The van der Waals surface area contributed by atoms with Crippen LogP contribution in [-0.2, 0) is 0 Å². The minimum Gasteiger partial charge on any atom is -0.439 e. The van der Waals surface area contributed by atoms with Crippen molar-refractivity contribution in [3.8, 4) is 11.6 Å². The van der Waals surface area contributed by atoms with E-state index in [9.17, 15) is 4.79 Å². The normalized spacial score (nSPS) is 10.0. The molecule has 1 amide bonds. The van der Waals surface area contributed by atoms with Gasteiger partial charge in [-0.3, -0.25) is 9.78 Å². The lowest BCUT2D eigenvalue weighted by Gasteiger charge is -2.07. The predicted octanol–water partition coefficient (Wildman–Crippen LogP) is 3.52. The van der Waals surface area contributed by atoms with Gasteiger partial charge in [0.25, 0.3) is 5.91 Å². The van der Waals surface area contributed by atoms with Crippen LogP contribution in [0.15, 0.2) is 73.2 Å². The number of benzene rings is 1. The number of rotatable bonds is 4. The molecule has 0 bridgehead atoms. The summed E-state index contributed by atoms with van der Waals surface area (Å²) in [4.78, 5) is 20.3. The monoisotopic (exact) mass is 291 g/mol. The summed E-state index contributed by atoms with van der Waals surface area (Å²) in [6.07, 6.45) is 4.89. The fraction of sp³-hybridized carbons (Fsp3) is 0. The Labute approximate surface area is 127 Å². The molecule has 3 aromatic rings. The van der Waals surface area contributed by atoms with Gasteiger partial charge in [0.15, 0.2) is 0 Å². The predicted molar refractivity (Wildman–Crippen MR) is 82.9 cm³/mol. The van der Waals surface area contributed by atoms with E-state index in [0.29, 0.717) is 22.9 Å². The molecule has 0 spiro atoms. The number of carbonyl (C=O) groups excluding carboxylic acids is 1. The lowest BCUT2D eigenvalue weighted by Crippen LogP contribution is -2.11. The van der Waals surface area contributed by atoms with Gasteiger partial charge < -0.3 is 10.1 Å². The molecule has 108 valence electrons. The van der Waals surface area contributed by atoms with Crippen molar-refractivity contribution in [3.05, 3.63) is 78.8 Å². The summed E-state index contributed by atoms with van der Waals surface area (Å²) in [7, 11) is 0. The first-order valence-electron chi connectivity index (χ1n) is 6.71. The number of hydrogen-bond acceptors (Lipinski definition) is 4. The fourth-order valence-electron chi connectivity index (χ4n) is 1.87. The second-order valence-corrected chi connectivity index (χ2v) is 4.49. The molecule has 0 aliphatic rings. The highest BCUT2D eigenvalue weighted by atomic mass is 16.5. The average molecular weight is 291 g/mol. The van der Waals surface area contributed by atoms with Crippen molar-refractivity contribution in [1.82, 2.24) is 9.97 Å². The topological polar surface area (TPSA) is 64.1 Å². The summed E-state index contributed by atoms with van der Waals surface area (Å²) < 4.78 is 5.62. The van der Waals surface area contributed by atoms with Crippen molar-refractivity contribution >= 4 is 11.6 Å². The van der Waals surface area contributed by atoms with Gasteiger partial charge in [0, 0.05) is 24.0 Å². The van der Waals surface area contributed by atoms with Crippen molar-refractivity contribution in [2.45, 2.75) is 0 Å². The molecule has 1 N–H and O–H groups in total. The van der Waals surface area contributed by atoms with Gasteiger partial charge in [0.05, 0.1) is 11.9 Å². The molecule has 22 heavy (non-hydrogen) atoms. The van der Waals surface area contributed by atoms with E-state index in [4.69, 9.17) is 4.74 Å². The van der Waals surface area contributed by atoms with Gasteiger partial charge >= 0.3 is 0 Å². The van der Waals surface area contributed by atoms with Crippen LogP contribution in [0.4, 0.5) is 5.69 Å². The van der Waals surface area contributed by atoms with E-state index >= 15 is 0 Å². The number of ether oxygens (including phenoxy) is 1. The molecule has 0 aliphatic heterocycles. The fourth-order valence-corrected chi connectivity index (χ4v) is 1.87. The molecular formula is C17H13N3O2. The molecule has 0 fully saturated rings. The third kappa shape index (κ3) is 3.46. The van der Waals surface area contributed by atoms with E-state index < -0.39 is 0 Å². The van der Waals surface area contributed by atoms with Crippen LogP contribution in [-0.4, -0.2) is 15.9 Å². The molecule has 1 aromatic carbocycles. The molecule has 2 heterocycles. The van der Waals surface area contributed by atoms with Crippen molar-refractivity contribution in [3.63, 3.8) is 0 Å². The van der Waals surface area contributed by atoms with Crippen LogP contribution in [0.2, 0.25) is 0 Å². The highest BCUT2D eigenvalue weighted by Crippen LogP contribution is 2.20. The number of pyridine rings is 2. The van der Waals surface area contributed by atoms with Gasteiger partial charge in [-0.25, -0.2) is 4.98 Å². The number of hydrogen-bond donors (Lipinski definition) is 1. The molecular weight excluding hydrogens is 278 g/mol. The molecule has 3 rings (SSSR count). The highest BCUT2D eigenvalue weighted by molar-refractivity contribution is 6.04. The molecule has 0 aliphatic carbocycles. The van der Waals surface area contributed by atoms with Crippen LogP contribution in [0.25, 0.3) is 0 Å². The van der Waals surface area contributed by atoms with Crippen LogP contribution >= 0.6 is 0 Å². The maximum atomic E-state index is 12.2. The second kappa shape index (κ2) is 6.49. The van der Waals surface area contributed by atoms with E-state index in [1.807, 2.05) is 12.1 Å².